The first-order chi connectivity index (χ1) is 27.9. The number of likely N-dealkylation sites (N-methyl/N-ethyl adjacent to an activating group) is 2. The first-order valence-corrected chi connectivity index (χ1v) is 20.8. The molecule has 3 aliphatic heterocycles. The number of aromatic amines is 1. The normalized spacial score (nSPS) is 28.3. The second-order valence-corrected chi connectivity index (χ2v) is 16.5. The Labute approximate surface area is 344 Å². The van der Waals surface area contributed by atoms with Gasteiger partial charge in [0.15, 0.2) is 12.5 Å². The Morgan fingerprint density at radius 1 is 0.898 bits per heavy atom. The molecule has 19 heteroatoms. The number of nitrogens with zero attached hydrogens (tertiary/aromatic N) is 3. The molecule has 4 heterocycles. The summed E-state index contributed by atoms with van der Waals surface area (Å²) in [4.78, 5) is 69.2. The van der Waals surface area contributed by atoms with Gasteiger partial charge in [0.25, 0.3) is 5.56 Å². The molecule has 0 spiro atoms. The molecule has 2 fully saturated rings. The minimum atomic E-state index is -1.82. The molecule has 6 N–H and O–H groups in total. The van der Waals surface area contributed by atoms with Crippen LogP contribution in [-0.4, -0.2) is 152 Å². The van der Waals surface area contributed by atoms with Gasteiger partial charge in [0.1, 0.15) is 60.1 Å². The highest BCUT2D eigenvalue weighted by Gasteiger charge is 2.55. The van der Waals surface area contributed by atoms with Crippen LogP contribution in [0.5, 0.6) is 0 Å². The molecule has 0 bridgehead atoms. The van der Waals surface area contributed by atoms with E-state index in [1.807, 2.05) is 0 Å². The number of carbonyl (C=O) groups is 3. The lowest BCUT2D eigenvalue weighted by Crippen LogP contribution is -2.59. The van der Waals surface area contributed by atoms with Gasteiger partial charge in [0.2, 0.25) is 5.91 Å². The van der Waals surface area contributed by atoms with Gasteiger partial charge in [-0.15, -0.1) is 0 Å². The molecule has 0 aromatic carbocycles. The maximum absolute atomic E-state index is 14.4. The number of hydrogen-bond acceptors (Lipinski definition) is 15. The van der Waals surface area contributed by atoms with Crippen LogP contribution >= 0.6 is 0 Å². The Bertz CT molecular complexity index is 1680. The fourth-order valence-corrected chi connectivity index (χ4v) is 7.40. The van der Waals surface area contributed by atoms with E-state index in [1.54, 1.807) is 27.8 Å². The molecule has 0 radical (unpaired) electrons. The monoisotopic (exact) mass is 839 g/mol. The van der Waals surface area contributed by atoms with Gasteiger partial charge in [-0.1, -0.05) is 71.1 Å². The predicted octanol–water partition coefficient (Wildman–Crippen LogP) is 1.02. The number of aliphatic hydroxyl groups excluding tert-OH is 4. The van der Waals surface area contributed by atoms with Crippen LogP contribution in [-0.2, 0) is 33.3 Å². The highest BCUT2D eigenvalue weighted by atomic mass is 16.7. The highest BCUT2D eigenvalue weighted by molar-refractivity contribution is 5.96. The minimum Gasteiger partial charge on any atom is -0.461 e. The fourth-order valence-electron chi connectivity index (χ4n) is 7.40. The summed E-state index contributed by atoms with van der Waals surface area (Å²) in [6, 6.07) is -0.389. The summed E-state index contributed by atoms with van der Waals surface area (Å²) in [6.45, 7) is 7.04. The van der Waals surface area contributed by atoms with Crippen LogP contribution in [0.15, 0.2) is 33.6 Å². The molecule has 4 rings (SSSR count). The fraction of sp³-hybridized carbons (Fsp3) is 0.775. The number of rotatable bonds is 20. The van der Waals surface area contributed by atoms with Crippen molar-refractivity contribution in [2.75, 3.05) is 33.8 Å². The van der Waals surface area contributed by atoms with Gasteiger partial charge in [-0.3, -0.25) is 24.0 Å². The number of nitrogens with one attached hydrogen (secondary N) is 2. The highest BCUT2D eigenvalue weighted by Crippen LogP contribution is 2.36. The van der Waals surface area contributed by atoms with Crippen molar-refractivity contribution < 1.29 is 58.5 Å². The molecule has 0 unspecified atom stereocenters. The maximum Gasteiger partial charge on any atom is 0.407 e. The summed E-state index contributed by atoms with van der Waals surface area (Å²) < 4.78 is 29.8. The van der Waals surface area contributed by atoms with E-state index in [2.05, 4.69) is 17.2 Å². The molecular weight excluding hydrogens is 774 g/mol. The van der Waals surface area contributed by atoms with Crippen molar-refractivity contribution in [3.05, 3.63) is 44.9 Å². The third-order valence-electron chi connectivity index (χ3n) is 10.7. The number of hydrogen-bond donors (Lipinski definition) is 6. The summed E-state index contributed by atoms with van der Waals surface area (Å²) in [5.41, 5.74) is -2.52. The lowest BCUT2D eigenvalue weighted by molar-refractivity contribution is -0.233. The van der Waals surface area contributed by atoms with Gasteiger partial charge in [-0.25, -0.2) is 14.4 Å². The summed E-state index contributed by atoms with van der Waals surface area (Å²) in [7, 11) is 2.91. The second kappa shape index (κ2) is 22.2. The zero-order valence-electron chi connectivity index (χ0n) is 35.1. The van der Waals surface area contributed by atoms with Crippen molar-refractivity contribution in [2.45, 2.75) is 165 Å². The van der Waals surface area contributed by atoms with Crippen LogP contribution in [0.1, 0.15) is 105 Å². The van der Waals surface area contributed by atoms with Gasteiger partial charge in [0.05, 0.1) is 6.61 Å². The predicted molar refractivity (Wildman–Crippen MR) is 212 cm³/mol. The molecule has 19 nitrogen and oxygen atoms in total. The first kappa shape index (κ1) is 48.0. The maximum atomic E-state index is 14.4. The zero-order chi connectivity index (χ0) is 43.4. The Kier molecular flexibility index (Phi) is 18.1. The van der Waals surface area contributed by atoms with Crippen LogP contribution in [0.25, 0.3) is 0 Å². The van der Waals surface area contributed by atoms with E-state index in [4.69, 9.17) is 23.7 Å². The standard InChI is InChI=1S/C40H65N5O14/c1-7-8-9-10-11-12-13-14-15-16-17-22-55-36(52)24-18-20-43(5)27(34(51)44(24)6)32(33-29(48)30(49)35(57-33)45-21-19-26(46)42-38(45)53)58-37-31(50)28(47)25(56-37)23-41-39(54)59-40(2,3)4/h18-19,21,25,27-33,35,37,47-50H,7-17,20,22-23H2,1-6H3,(H,41,54)(H,42,46,53)/t25-,27+,28-,29+,30-,31-,32+,33+,35-,37+/m1/s1. The van der Waals surface area contributed by atoms with Crippen LogP contribution < -0.4 is 16.6 Å². The van der Waals surface area contributed by atoms with Gasteiger partial charge >= 0.3 is 17.8 Å². The molecule has 0 saturated carbocycles. The van der Waals surface area contributed by atoms with E-state index in [0.29, 0.717) is 6.42 Å². The minimum absolute atomic E-state index is 0.0171. The van der Waals surface area contributed by atoms with Crippen LogP contribution in [0.4, 0.5) is 4.79 Å². The van der Waals surface area contributed by atoms with Gasteiger partial charge in [0, 0.05) is 32.4 Å². The molecule has 1 aromatic heterocycles. The number of esters is 1. The van der Waals surface area contributed by atoms with E-state index in [1.165, 1.54) is 63.0 Å². The van der Waals surface area contributed by atoms with Crippen LogP contribution in [0.3, 0.4) is 0 Å². The molecular formula is C40H65N5O14. The van der Waals surface area contributed by atoms with Crippen molar-refractivity contribution in [1.82, 2.24) is 24.7 Å². The average Bonchev–Trinajstić information content (AvgIpc) is 3.57. The quantitative estimate of drug-likeness (QED) is 0.0793. The van der Waals surface area contributed by atoms with Gasteiger partial charge in [-0.05, 0) is 40.3 Å². The lowest BCUT2D eigenvalue weighted by Gasteiger charge is -2.38. The number of H-pyrrole nitrogens is 1. The number of unbranched alkanes of at least 4 members (excludes halogenated alkanes) is 10. The first-order valence-electron chi connectivity index (χ1n) is 20.8. The number of alkyl carbamates (subject to hydrolysis) is 1. The number of ether oxygens (including phenoxy) is 5. The number of aromatic nitrogens is 2. The van der Waals surface area contributed by atoms with E-state index >= 15 is 0 Å². The Morgan fingerprint density at radius 3 is 2.14 bits per heavy atom. The van der Waals surface area contributed by atoms with Gasteiger partial charge < -0.3 is 54.3 Å². The van der Waals surface area contributed by atoms with Crippen molar-refractivity contribution in [2.24, 2.45) is 0 Å². The van der Waals surface area contributed by atoms with E-state index < -0.39 is 96.1 Å². The topological polar surface area (TPSA) is 252 Å². The SMILES string of the molecule is CCCCCCCCCCCCCOC(=O)C1=CCN(C)[C@@H]([C@H](O[C@@H]2O[C@H](CNC(=O)OC(C)(C)C)[C@@H](O)[C@H]2O)[C@H]2O[C@@H](n3ccc(=O)[nH]c3=O)[C@H](O)[C@@H]2O)C(=O)N1C. The van der Waals surface area contributed by atoms with Crippen LogP contribution in [0, 0.1) is 0 Å². The van der Waals surface area contributed by atoms with Gasteiger partial charge in [-0.2, -0.15) is 0 Å². The summed E-state index contributed by atoms with van der Waals surface area (Å²) >= 11 is 0. The van der Waals surface area contributed by atoms with Crippen molar-refractivity contribution in [1.29, 1.82) is 0 Å². The Morgan fingerprint density at radius 2 is 1.53 bits per heavy atom. The average molecular weight is 840 g/mol. The lowest BCUT2D eigenvalue weighted by atomic mass is 9.97. The van der Waals surface area contributed by atoms with Crippen molar-refractivity contribution >= 4 is 18.0 Å². The second-order valence-electron chi connectivity index (χ2n) is 16.5. The summed E-state index contributed by atoms with van der Waals surface area (Å²) in [5.74, 6) is -1.44. The summed E-state index contributed by atoms with van der Waals surface area (Å²) in [6.07, 6.45) is -0.446. The molecule has 0 aliphatic carbocycles. The third-order valence-corrected chi connectivity index (χ3v) is 10.7. The van der Waals surface area contributed by atoms with E-state index in [-0.39, 0.29) is 25.4 Å². The molecule has 334 valence electrons. The molecule has 2 amide bonds. The number of amides is 2. The zero-order valence-corrected chi connectivity index (χ0v) is 35.1. The smallest absolute Gasteiger partial charge is 0.407 e. The number of carbonyl (C=O) groups excluding carboxylic acids is 3. The largest absolute Gasteiger partial charge is 0.461 e. The van der Waals surface area contributed by atoms with Crippen molar-refractivity contribution in [3.8, 4) is 0 Å². The Balaban J connectivity index is 1.48. The molecule has 3 aliphatic rings. The number of aliphatic hydroxyl groups is 4. The molecule has 2 saturated heterocycles. The molecule has 59 heavy (non-hydrogen) atoms. The van der Waals surface area contributed by atoms with E-state index in [0.717, 1.165) is 41.0 Å². The third kappa shape index (κ3) is 13.1. The van der Waals surface area contributed by atoms with Crippen LogP contribution in [0.2, 0.25) is 0 Å². The Hall–Kier alpha value is -3.69. The molecule has 1 aromatic rings. The van der Waals surface area contributed by atoms with E-state index in [9.17, 15) is 44.4 Å². The summed E-state index contributed by atoms with van der Waals surface area (Å²) in [5, 5.41) is 47.0. The molecule has 10 atom stereocenters. The van der Waals surface area contributed by atoms with Crippen molar-refractivity contribution in [3.63, 3.8) is 0 Å².